The quantitative estimate of drug-likeness (QED) is 0.875. The molecule has 0 aliphatic heterocycles. The Labute approximate surface area is 115 Å². The van der Waals surface area contributed by atoms with E-state index in [9.17, 15) is 9.59 Å². The van der Waals surface area contributed by atoms with E-state index in [1.165, 1.54) is 17.8 Å². The van der Waals surface area contributed by atoms with Crippen molar-refractivity contribution in [3.63, 3.8) is 0 Å². The molecule has 0 unspecified atom stereocenters. The van der Waals surface area contributed by atoms with E-state index in [-0.39, 0.29) is 11.2 Å². The normalized spacial score (nSPS) is 10.7. The van der Waals surface area contributed by atoms with Gasteiger partial charge in [-0.3, -0.25) is 14.3 Å². The van der Waals surface area contributed by atoms with Gasteiger partial charge in [0.15, 0.2) is 0 Å². The first-order valence-electron chi connectivity index (χ1n) is 6.10. The van der Waals surface area contributed by atoms with Crippen molar-refractivity contribution < 1.29 is 0 Å². The van der Waals surface area contributed by atoms with Crippen molar-refractivity contribution in [3.8, 4) is 0 Å². The number of hydrogen-bond acceptors (Lipinski definition) is 3. The van der Waals surface area contributed by atoms with Gasteiger partial charge in [-0.05, 0) is 44.0 Å². The van der Waals surface area contributed by atoms with Gasteiger partial charge < -0.3 is 0 Å². The Balaban J connectivity index is 2.48. The molecular weight excluding hydrogens is 260 g/mol. The summed E-state index contributed by atoms with van der Waals surface area (Å²) in [6.07, 6.45) is 0. The monoisotopic (exact) mass is 276 g/mol. The standard InChI is InChI=1S/C14H16N2O2S/c1-4-16-13(8-12(17)15-14(16)18)19-11-6-9(2)5-10(3)7-11/h5-8H,4H2,1-3H3,(H,15,17,18). The summed E-state index contributed by atoms with van der Waals surface area (Å²) in [6.45, 7) is 6.47. The maximum Gasteiger partial charge on any atom is 0.329 e. The van der Waals surface area contributed by atoms with E-state index in [0.717, 1.165) is 16.0 Å². The molecule has 1 heterocycles. The highest BCUT2D eigenvalue weighted by molar-refractivity contribution is 7.99. The van der Waals surface area contributed by atoms with Crippen LogP contribution in [-0.4, -0.2) is 9.55 Å². The maximum absolute atomic E-state index is 11.7. The number of benzene rings is 1. The summed E-state index contributed by atoms with van der Waals surface area (Å²) < 4.78 is 1.56. The number of aromatic nitrogens is 2. The molecule has 2 rings (SSSR count). The molecule has 1 aromatic carbocycles. The molecule has 2 aromatic rings. The van der Waals surface area contributed by atoms with Crippen LogP contribution in [0.4, 0.5) is 0 Å². The molecule has 0 atom stereocenters. The molecule has 19 heavy (non-hydrogen) atoms. The molecular formula is C14H16N2O2S. The van der Waals surface area contributed by atoms with Gasteiger partial charge in [-0.25, -0.2) is 4.79 Å². The topological polar surface area (TPSA) is 54.9 Å². The molecule has 0 spiro atoms. The summed E-state index contributed by atoms with van der Waals surface area (Å²) in [5, 5.41) is 0.668. The van der Waals surface area contributed by atoms with Crippen LogP contribution in [0.25, 0.3) is 0 Å². The van der Waals surface area contributed by atoms with Gasteiger partial charge in [0.25, 0.3) is 5.56 Å². The number of hydrogen-bond donors (Lipinski definition) is 1. The Bertz CT molecular complexity index is 696. The van der Waals surface area contributed by atoms with E-state index in [1.54, 1.807) is 4.57 Å². The smallest absolute Gasteiger partial charge is 0.288 e. The molecule has 0 aliphatic rings. The Morgan fingerprint density at radius 3 is 2.32 bits per heavy atom. The highest BCUT2D eigenvalue weighted by Crippen LogP contribution is 2.27. The Hall–Kier alpha value is -1.75. The Kier molecular flexibility index (Phi) is 3.95. The summed E-state index contributed by atoms with van der Waals surface area (Å²) >= 11 is 1.44. The maximum atomic E-state index is 11.7. The molecule has 100 valence electrons. The van der Waals surface area contributed by atoms with Gasteiger partial charge in [-0.1, -0.05) is 17.8 Å². The molecule has 0 radical (unpaired) electrons. The van der Waals surface area contributed by atoms with Crippen LogP contribution < -0.4 is 11.2 Å². The minimum absolute atomic E-state index is 0.359. The van der Waals surface area contributed by atoms with E-state index >= 15 is 0 Å². The Morgan fingerprint density at radius 1 is 1.11 bits per heavy atom. The van der Waals surface area contributed by atoms with Crippen LogP contribution in [0.2, 0.25) is 0 Å². The van der Waals surface area contributed by atoms with Crippen molar-refractivity contribution in [1.29, 1.82) is 0 Å². The van der Waals surface area contributed by atoms with Gasteiger partial charge in [-0.15, -0.1) is 0 Å². The highest BCUT2D eigenvalue weighted by atomic mass is 32.2. The lowest BCUT2D eigenvalue weighted by Gasteiger charge is -2.10. The van der Waals surface area contributed by atoms with Gasteiger partial charge >= 0.3 is 5.69 Å². The first kappa shape index (κ1) is 13.7. The minimum Gasteiger partial charge on any atom is -0.288 e. The van der Waals surface area contributed by atoms with Gasteiger partial charge in [0.1, 0.15) is 0 Å². The number of H-pyrrole nitrogens is 1. The van der Waals surface area contributed by atoms with Gasteiger partial charge in [0.05, 0.1) is 5.03 Å². The summed E-state index contributed by atoms with van der Waals surface area (Å²) in [4.78, 5) is 26.4. The molecule has 0 aliphatic carbocycles. The number of nitrogens with zero attached hydrogens (tertiary/aromatic N) is 1. The number of nitrogens with one attached hydrogen (secondary N) is 1. The number of aromatic amines is 1. The third-order valence-electron chi connectivity index (χ3n) is 2.73. The molecule has 0 amide bonds. The first-order valence-corrected chi connectivity index (χ1v) is 6.91. The van der Waals surface area contributed by atoms with Crippen molar-refractivity contribution in [3.05, 3.63) is 56.2 Å². The molecule has 0 saturated carbocycles. The summed E-state index contributed by atoms with van der Waals surface area (Å²) in [5.74, 6) is 0. The van der Waals surface area contributed by atoms with Crippen LogP contribution in [0.15, 0.2) is 43.8 Å². The second kappa shape index (κ2) is 5.48. The molecule has 0 saturated heterocycles. The van der Waals surface area contributed by atoms with Crippen molar-refractivity contribution in [2.45, 2.75) is 37.2 Å². The molecule has 1 N–H and O–H groups in total. The molecule has 0 bridgehead atoms. The lowest BCUT2D eigenvalue weighted by atomic mass is 10.2. The van der Waals surface area contributed by atoms with Crippen molar-refractivity contribution >= 4 is 11.8 Å². The van der Waals surface area contributed by atoms with E-state index in [1.807, 2.05) is 32.9 Å². The first-order chi connectivity index (χ1) is 8.99. The van der Waals surface area contributed by atoms with Gasteiger partial charge in [0, 0.05) is 17.5 Å². The summed E-state index contributed by atoms with van der Waals surface area (Å²) in [7, 11) is 0. The van der Waals surface area contributed by atoms with Crippen LogP contribution >= 0.6 is 11.8 Å². The molecule has 0 fully saturated rings. The number of rotatable bonds is 3. The van der Waals surface area contributed by atoms with Crippen molar-refractivity contribution in [1.82, 2.24) is 9.55 Å². The zero-order valence-corrected chi connectivity index (χ0v) is 12.0. The zero-order chi connectivity index (χ0) is 14.0. The fraction of sp³-hybridized carbons (Fsp3) is 0.286. The SMILES string of the molecule is CCn1c(Sc2cc(C)cc(C)c2)cc(=O)[nH]c1=O. The fourth-order valence-electron chi connectivity index (χ4n) is 2.00. The van der Waals surface area contributed by atoms with Gasteiger partial charge in [-0.2, -0.15) is 0 Å². The Morgan fingerprint density at radius 2 is 1.74 bits per heavy atom. The number of aryl methyl sites for hydroxylation is 2. The van der Waals surface area contributed by atoms with Crippen LogP contribution in [0.1, 0.15) is 18.1 Å². The van der Waals surface area contributed by atoms with Crippen LogP contribution in [-0.2, 0) is 6.54 Å². The third-order valence-corrected chi connectivity index (χ3v) is 3.75. The third kappa shape index (κ3) is 3.17. The summed E-state index contributed by atoms with van der Waals surface area (Å²) in [6, 6.07) is 7.65. The van der Waals surface area contributed by atoms with Crippen LogP contribution in [0, 0.1) is 13.8 Å². The minimum atomic E-state index is -0.360. The van der Waals surface area contributed by atoms with Crippen LogP contribution in [0.3, 0.4) is 0 Å². The summed E-state index contributed by atoms with van der Waals surface area (Å²) in [5.41, 5.74) is 1.61. The molecule has 4 nitrogen and oxygen atoms in total. The fourth-order valence-corrected chi connectivity index (χ4v) is 3.21. The highest BCUT2D eigenvalue weighted by Gasteiger charge is 2.07. The second-order valence-electron chi connectivity index (χ2n) is 4.45. The average Bonchev–Trinajstić information content (AvgIpc) is 2.26. The molecule has 5 heteroatoms. The lowest BCUT2D eigenvalue weighted by Crippen LogP contribution is -2.30. The van der Waals surface area contributed by atoms with E-state index < -0.39 is 0 Å². The van der Waals surface area contributed by atoms with E-state index in [0.29, 0.717) is 11.6 Å². The zero-order valence-electron chi connectivity index (χ0n) is 11.2. The second-order valence-corrected chi connectivity index (χ2v) is 5.54. The average molecular weight is 276 g/mol. The molecule has 1 aromatic heterocycles. The van der Waals surface area contributed by atoms with Crippen molar-refractivity contribution in [2.75, 3.05) is 0 Å². The predicted molar refractivity (Wildman–Crippen MR) is 77.0 cm³/mol. The van der Waals surface area contributed by atoms with Crippen LogP contribution in [0.5, 0.6) is 0 Å². The largest absolute Gasteiger partial charge is 0.329 e. The van der Waals surface area contributed by atoms with E-state index in [2.05, 4.69) is 11.1 Å². The van der Waals surface area contributed by atoms with Gasteiger partial charge in [0.2, 0.25) is 0 Å². The van der Waals surface area contributed by atoms with E-state index in [4.69, 9.17) is 0 Å². The predicted octanol–water partition coefficient (Wildman–Crippen LogP) is 2.32. The van der Waals surface area contributed by atoms with Crippen molar-refractivity contribution in [2.24, 2.45) is 0 Å². The lowest BCUT2D eigenvalue weighted by molar-refractivity contribution is 0.628.